The Morgan fingerprint density at radius 1 is 1.50 bits per heavy atom. The monoisotopic (exact) mass is 200 g/mol. The van der Waals surface area contributed by atoms with Crippen molar-refractivity contribution in [1.82, 2.24) is 0 Å². The highest BCUT2D eigenvalue weighted by Gasteiger charge is 2.08. The zero-order valence-electron chi connectivity index (χ0n) is 5.01. The van der Waals surface area contributed by atoms with Crippen molar-refractivity contribution in [2.24, 2.45) is 0 Å². The molecule has 0 heterocycles. The van der Waals surface area contributed by atoms with Crippen molar-refractivity contribution < 1.29 is 4.39 Å². The molecule has 0 aliphatic heterocycles. The van der Waals surface area contributed by atoms with Crippen molar-refractivity contribution in [3.8, 4) is 6.57 Å². The first-order valence-corrected chi connectivity index (χ1v) is 3.39. The quantitative estimate of drug-likeness (QED) is 0.607. The minimum atomic E-state index is -0.420. The second kappa shape index (κ2) is 2.80. The molecule has 0 unspecified atom stereocenters. The van der Waals surface area contributed by atoms with E-state index in [-0.39, 0.29) is 5.69 Å². The fraction of sp³-hybridized carbons (Fsp3) is 0. The van der Waals surface area contributed by atoms with Crippen LogP contribution < -0.4 is 0 Å². The Labute approximate surface area is 66.4 Å². The van der Waals surface area contributed by atoms with E-state index in [1.54, 1.807) is 6.07 Å². The van der Waals surface area contributed by atoms with Crippen LogP contribution in [-0.4, -0.2) is 0 Å². The van der Waals surface area contributed by atoms with Crippen LogP contribution in [0.2, 0.25) is 0 Å². The number of benzene rings is 1. The van der Waals surface area contributed by atoms with Crippen LogP contribution >= 0.6 is 15.9 Å². The van der Waals surface area contributed by atoms with Gasteiger partial charge in [0.2, 0.25) is 5.82 Å². The second-order valence-electron chi connectivity index (χ2n) is 1.72. The minimum absolute atomic E-state index is 0.170. The van der Waals surface area contributed by atoms with Crippen LogP contribution in [0, 0.1) is 12.4 Å². The molecule has 0 amide bonds. The Morgan fingerprint density at radius 2 is 2.20 bits per heavy atom. The molecule has 3 heteroatoms. The van der Waals surface area contributed by atoms with Gasteiger partial charge in [-0.1, -0.05) is 15.9 Å². The highest BCUT2D eigenvalue weighted by molar-refractivity contribution is 9.10. The highest BCUT2D eigenvalue weighted by Crippen LogP contribution is 2.21. The molecule has 1 aromatic rings. The summed E-state index contributed by atoms with van der Waals surface area (Å²) >= 11 is 3.10. The zero-order chi connectivity index (χ0) is 7.56. The van der Waals surface area contributed by atoms with Crippen LogP contribution in [0.3, 0.4) is 0 Å². The van der Waals surface area contributed by atoms with Crippen molar-refractivity contribution in [2.45, 2.75) is 0 Å². The van der Waals surface area contributed by atoms with Crippen LogP contribution in [0.1, 0.15) is 0 Å². The molecular weight excluding hydrogens is 197 g/mol. The lowest BCUT2D eigenvalue weighted by atomic mass is 10.3. The van der Waals surface area contributed by atoms with Gasteiger partial charge in [-0.15, -0.1) is 0 Å². The van der Waals surface area contributed by atoms with Crippen molar-refractivity contribution in [2.75, 3.05) is 0 Å². The number of rotatable bonds is 0. The summed E-state index contributed by atoms with van der Waals surface area (Å²) in [6, 6.07) is 4.49. The van der Waals surface area contributed by atoms with E-state index in [1.807, 2.05) is 0 Å². The smallest absolute Gasteiger partial charge is 0.198 e. The lowest BCUT2D eigenvalue weighted by Crippen LogP contribution is -1.72. The Bertz CT molecular complexity index is 290. The molecule has 1 rings (SSSR count). The molecule has 0 saturated heterocycles. The van der Waals surface area contributed by atoms with E-state index >= 15 is 0 Å². The summed E-state index contributed by atoms with van der Waals surface area (Å²) in [5, 5.41) is 0. The summed E-state index contributed by atoms with van der Waals surface area (Å²) < 4.78 is 13.3. The summed E-state index contributed by atoms with van der Waals surface area (Å²) in [6.45, 7) is 4.87. The van der Waals surface area contributed by atoms with Crippen LogP contribution in [-0.2, 0) is 0 Å². The Balaban J connectivity index is 3.23. The third-order valence-corrected chi connectivity index (χ3v) is 1.54. The number of halogens is 2. The van der Waals surface area contributed by atoms with Gasteiger partial charge in [0.25, 0.3) is 6.57 Å². The van der Waals surface area contributed by atoms with Gasteiger partial charge in [-0.2, -0.15) is 4.39 Å². The molecule has 0 spiro atoms. The summed E-state index contributed by atoms with van der Waals surface area (Å²) in [5.41, 5.74) is 0.170. The zero-order valence-corrected chi connectivity index (χ0v) is 6.60. The van der Waals surface area contributed by atoms with Gasteiger partial charge in [0.05, 0.1) is 0 Å². The molecule has 0 fully saturated rings. The van der Waals surface area contributed by atoms with Gasteiger partial charge in [0.15, 0.2) is 0 Å². The van der Waals surface area contributed by atoms with Gasteiger partial charge < -0.3 is 0 Å². The standard InChI is InChI=1S/C7H4BrFN/c1-10-7-3-2-5(8)4-6(7)9/h1-4H/q+1. The molecule has 0 saturated carbocycles. The van der Waals surface area contributed by atoms with Crippen LogP contribution in [0.15, 0.2) is 22.7 Å². The largest absolute Gasteiger partial charge is 0.375 e. The van der Waals surface area contributed by atoms with E-state index in [0.717, 1.165) is 0 Å². The molecule has 0 bridgehead atoms. The number of hydrogen-bond acceptors (Lipinski definition) is 0. The molecule has 0 N–H and O–H groups in total. The van der Waals surface area contributed by atoms with E-state index in [9.17, 15) is 4.39 Å². The van der Waals surface area contributed by atoms with Crippen LogP contribution in [0.4, 0.5) is 10.1 Å². The normalized spacial score (nSPS) is 8.90. The molecular formula is C7H4BrFN+. The third kappa shape index (κ3) is 1.34. The summed E-state index contributed by atoms with van der Waals surface area (Å²) in [5.74, 6) is -0.420. The third-order valence-electron chi connectivity index (χ3n) is 1.05. The first-order chi connectivity index (χ1) is 4.74. The van der Waals surface area contributed by atoms with Gasteiger partial charge in [-0.25, -0.2) is 0 Å². The topological polar surface area (TPSA) is 4.36 Å². The maximum atomic E-state index is 12.6. The number of hydrogen-bond donors (Lipinski definition) is 0. The summed E-state index contributed by atoms with van der Waals surface area (Å²) in [4.78, 5) is 3.22. The molecule has 50 valence electrons. The fourth-order valence-corrected chi connectivity index (χ4v) is 0.919. The van der Waals surface area contributed by atoms with Gasteiger partial charge in [-0.05, 0) is 17.0 Å². The summed E-state index contributed by atoms with van der Waals surface area (Å²) in [7, 11) is 0. The van der Waals surface area contributed by atoms with E-state index < -0.39 is 5.82 Å². The average Bonchev–Trinajstić information content (AvgIpc) is 1.88. The molecule has 0 aliphatic carbocycles. The molecule has 10 heavy (non-hydrogen) atoms. The van der Waals surface area contributed by atoms with Crippen molar-refractivity contribution in [1.29, 1.82) is 0 Å². The molecule has 0 aliphatic rings. The lowest BCUT2D eigenvalue weighted by Gasteiger charge is -1.85. The van der Waals surface area contributed by atoms with Gasteiger partial charge in [0.1, 0.15) is 0 Å². The summed E-state index contributed by atoms with van der Waals surface area (Å²) in [6.07, 6.45) is 0. The average molecular weight is 201 g/mol. The molecule has 0 radical (unpaired) electrons. The molecule has 0 atom stereocenters. The Morgan fingerprint density at radius 3 is 2.70 bits per heavy atom. The first-order valence-electron chi connectivity index (χ1n) is 2.60. The molecule has 0 aromatic heterocycles. The lowest BCUT2D eigenvalue weighted by molar-refractivity contribution is 0.633. The van der Waals surface area contributed by atoms with Crippen molar-refractivity contribution in [3.05, 3.63) is 33.3 Å². The maximum Gasteiger partial charge on any atom is 0.375 e. The Hall–Kier alpha value is -0.880. The fourth-order valence-electron chi connectivity index (χ4n) is 0.586. The van der Waals surface area contributed by atoms with E-state index in [4.69, 9.17) is 6.57 Å². The Kier molecular flexibility index (Phi) is 2.03. The number of nitrogens with zero attached hydrogens (tertiary/aromatic N) is 1. The van der Waals surface area contributed by atoms with Gasteiger partial charge in [0, 0.05) is 10.5 Å². The molecule has 1 aromatic carbocycles. The highest BCUT2D eigenvalue weighted by atomic mass is 79.9. The van der Waals surface area contributed by atoms with E-state index in [1.165, 1.54) is 12.1 Å². The van der Waals surface area contributed by atoms with Crippen LogP contribution in [0.25, 0.3) is 4.85 Å². The predicted octanol–water partition coefficient (Wildman–Crippen LogP) is 3.18. The SMILES string of the molecule is C#[N+]c1ccc(Br)cc1F. The van der Waals surface area contributed by atoms with E-state index in [2.05, 4.69) is 20.8 Å². The maximum absolute atomic E-state index is 12.6. The molecule has 1 nitrogen and oxygen atoms in total. The van der Waals surface area contributed by atoms with Gasteiger partial charge >= 0.3 is 5.69 Å². The van der Waals surface area contributed by atoms with Gasteiger partial charge in [-0.3, -0.25) is 0 Å². The van der Waals surface area contributed by atoms with Crippen LogP contribution in [0.5, 0.6) is 0 Å². The van der Waals surface area contributed by atoms with Crippen molar-refractivity contribution in [3.63, 3.8) is 0 Å². The second-order valence-corrected chi connectivity index (χ2v) is 2.64. The first kappa shape index (κ1) is 7.23. The minimum Gasteiger partial charge on any atom is -0.198 e. The predicted molar refractivity (Wildman–Crippen MR) is 42.1 cm³/mol. The van der Waals surface area contributed by atoms with Crippen molar-refractivity contribution >= 4 is 21.6 Å². The van der Waals surface area contributed by atoms with E-state index in [0.29, 0.717) is 4.47 Å².